The monoisotopic (exact) mass is 372 g/mol. The summed E-state index contributed by atoms with van der Waals surface area (Å²) in [5.74, 6) is 0.566. The zero-order valence-electron chi connectivity index (χ0n) is 14.4. The summed E-state index contributed by atoms with van der Waals surface area (Å²) in [5.41, 5.74) is 0.646. The molecule has 1 amide bonds. The molecule has 136 valence electrons. The lowest BCUT2D eigenvalue weighted by molar-refractivity contribution is -0.133. The van der Waals surface area contributed by atoms with Gasteiger partial charge in [0.05, 0.1) is 6.54 Å². The molecule has 1 saturated heterocycles. The Bertz CT molecular complexity index is 767. The van der Waals surface area contributed by atoms with E-state index in [0.29, 0.717) is 29.4 Å². The number of piperidine rings is 1. The number of nitrogens with zero attached hydrogens (tertiary/aromatic N) is 2. The van der Waals surface area contributed by atoms with Gasteiger partial charge in [-0.3, -0.25) is 14.6 Å². The Balaban J connectivity index is 1.51. The second-order valence-corrected chi connectivity index (χ2v) is 6.72. The van der Waals surface area contributed by atoms with Crippen LogP contribution in [0.5, 0.6) is 5.75 Å². The number of aromatic nitrogens is 1. The highest BCUT2D eigenvalue weighted by atomic mass is 35.5. The van der Waals surface area contributed by atoms with Crippen LogP contribution in [0.15, 0.2) is 48.8 Å². The SMILES string of the molecule is O=C(CCC(=O)N1CCC[C@@H](Oc2ccncc2Cl)C1)c1ccccc1. The highest BCUT2D eigenvalue weighted by molar-refractivity contribution is 6.31. The molecule has 2 aromatic rings. The zero-order valence-corrected chi connectivity index (χ0v) is 15.2. The number of hydrogen-bond acceptors (Lipinski definition) is 4. The van der Waals surface area contributed by atoms with Crippen molar-refractivity contribution in [3.05, 3.63) is 59.4 Å². The van der Waals surface area contributed by atoms with Crippen LogP contribution in [0.3, 0.4) is 0 Å². The maximum atomic E-state index is 12.5. The van der Waals surface area contributed by atoms with Crippen LogP contribution in [0, 0.1) is 0 Å². The van der Waals surface area contributed by atoms with E-state index in [2.05, 4.69) is 4.98 Å². The summed E-state index contributed by atoms with van der Waals surface area (Å²) in [6.07, 6.45) is 5.24. The van der Waals surface area contributed by atoms with Crippen LogP contribution in [0.25, 0.3) is 0 Å². The van der Waals surface area contributed by atoms with E-state index >= 15 is 0 Å². The van der Waals surface area contributed by atoms with Crippen LogP contribution in [0.1, 0.15) is 36.0 Å². The number of rotatable bonds is 6. The fraction of sp³-hybridized carbons (Fsp3) is 0.350. The van der Waals surface area contributed by atoms with Crippen molar-refractivity contribution >= 4 is 23.3 Å². The molecule has 0 spiro atoms. The third-order valence-electron chi connectivity index (χ3n) is 4.42. The van der Waals surface area contributed by atoms with E-state index in [1.54, 1.807) is 29.3 Å². The van der Waals surface area contributed by atoms with E-state index in [9.17, 15) is 9.59 Å². The van der Waals surface area contributed by atoms with Crippen LogP contribution in [0.2, 0.25) is 5.02 Å². The van der Waals surface area contributed by atoms with Gasteiger partial charge in [0.2, 0.25) is 5.91 Å². The molecule has 0 N–H and O–H groups in total. The first-order valence-electron chi connectivity index (χ1n) is 8.75. The van der Waals surface area contributed by atoms with Gasteiger partial charge >= 0.3 is 0 Å². The molecule has 5 nitrogen and oxygen atoms in total. The summed E-state index contributed by atoms with van der Waals surface area (Å²) in [6.45, 7) is 1.21. The second kappa shape index (κ2) is 8.81. The van der Waals surface area contributed by atoms with E-state index in [1.807, 2.05) is 18.2 Å². The van der Waals surface area contributed by atoms with Crippen molar-refractivity contribution in [1.82, 2.24) is 9.88 Å². The number of Topliss-reactive ketones (excluding diaryl/α,β-unsaturated/α-hetero) is 1. The average molecular weight is 373 g/mol. The lowest BCUT2D eigenvalue weighted by atomic mass is 10.0. The van der Waals surface area contributed by atoms with Gasteiger partial charge in [-0.1, -0.05) is 41.9 Å². The van der Waals surface area contributed by atoms with Crippen LogP contribution in [-0.4, -0.2) is 40.8 Å². The number of carbonyl (C=O) groups is 2. The fourth-order valence-corrected chi connectivity index (χ4v) is 3.21. The average Bonchev–Trinajstić information content (AvgIpc) is 2.68. The summed E-state index contributed by atoms with van der Waals surface area (Å²) in [4.78, 5) is 30.4. The molecule has 1 aliphatic heterocycles. The Morgan fingerprint density at radius 2 is 2.00 bits per heavy atom. The first kappa shape index (κ1) is 18.4. The number of amides is 1. The van der Waals surface area contributed by atoms with E-state index in [4.69, 9.17) is 16.3 Å². The summed E-state index contributed by atoms with van der Waals surface area (Å²) in [5, 5.41) is 0.462. The van der Waals surface area contributed by atoms with E-state index < -0.39 is 0 Å². The molecule has 0 unspecified atom stereocenters. The first-order chi connectivity index (χ1) is 12.6. The summed E-state index contributed by atoms with van der Waals surface area (Å²) in [6, 6.07) is 10.8. The summed E-state index contributed by atoms with van der Waals surface area (Å²) in [7, 11) is 0. The third kappa shape index (κ3) is 4.82. The van der Waals surface area contributed by atoms with Crippen LogP contribution in [0.4, 0.5) is 0 Å². The number of benzene rings is 1. The second-order valence-electron chi connectivity index (χ2n) is 6.32. The molecule has 3 rings (SSSR count). The lowest BCUT2D eigenvalue weighted by Gasteiger charge is -2.33. The number of ether oxygens (including phenoxy) is 1. The van der Waals surface area contributed by atoms with Gasteiger partial charge in [-0.15, -0.1) is 0 Å². The first-order valence-corrected chi connectivity index (χ1v) is 9.13. The van der Waals surface area contributed by atoms with E-state index in [-0.39, 0.29) is 30.6 Å². The lowest BCUT2D eigenvalue weighted by Crippen LogP contribution is -2.44. The predicted octanol–water partition coefficient (Wildman–Crippen LogP) is 3.77. The van der Waals surface area contributed by atoms with Crippen molar-refractivity contribution in [2.45, 2.75) is 31.8 Å². The number of carbonyl (C=O) groups excluding carboxylic acids is 2. The molecular weight excluding hydrogens is 352 g/mol. The highest BCUT2D eigenvalue weighted by Crippen LogP contribution is 2.25. The molecule has 0 aliphatic carbocycles. The number of pyridine rings is 1. The predicted molar refractivity (Wildman–Crippen MR) is 99.5 cm³/mol. The topological polar surface area (TPSA) is 59.5 Å². The number of ketones is 1. The van der Waals surface area contributed by atoms with Crippen LogP contribution in [-0.2, 0) is 4.79 Å². The van der Waals surface area contributed by atoms with Crippen molar-refractivity contribution < 1.29 is 14.3 Å². The number of hydrogen-bond donors (Lipinski definition) is 0. The Hall–Kier alpha value is -2.40. The van der Waals surface area contributed by atoms with Gasteiger partial charge in [-0.25, -0.2) is 0 Å². The number of halogens is 1. The largest absolute Gasteiger partial charge is 0.487 e. The maximum Gasteiger partial charge on any atom is 0.223 e. The van der Waals surface area contributed by atoms with Crippen molar-refractivity contribution in [2.75, 3.05) is 13.1 Å². The molecule has 6 heteroatoms. The Labute approximate surface area is 157 Å². The molecule has 0 radical (unpaired) electrons. The Morgan fingerprint density at radius 3 is 2.77 bits per heavy atom. The third-order valence-corrected chi connectivity index (χ3v) is 4.71. The Morgan fingerprint density at radius 1 is 1.19 bits per heavy atom. The zero-order chi connectivity index (χ0) is 18.4. The molecule has 0 saturated carbocycles. The van der Waals surface area contributed by atoms with E-state index in [0.717, 1.165) is 12.8 Å². The molecule has 1 fully saturated rings. The van der Waals surface area contributed by atoms with E-state index in [1.165, 1.54) is 6.20 Å². The van der Waals surface area contributed by atoms with Gasteiger partial charge in [0.15, 0.2) is 5.78 Å². The molecule has 1 aromatic heterocycles. The van der Waals surface area contributed by atoms with Gasteiger partial charge in [0.25, 0.3) is 0 Å². The summed E-state index contributed by atoms with van der Waals surface area (Å²) >= 11 is 6.08. The molecule has 0 bridgehead atoms. The van der Waals surface area contributed by atoms with Gasteiger partial charge in [-0.05, 0) is 12.8 Å². The van der Waals surface area contributed by atoms with Gasteiger partial charge in [-0.2, -0.15) is 0 Å². The molecule has 1 atom stereocenters. The highest BCUT2D eigenvalue weighted by Gasteiger charge is 2.25. The maximum absolute atomic E-state index is 12.5. The molecule has 1 aliphatic rings. The molecular formula is C20H21ClN2O3. The minimum atomic E-state index is -0.0996. The Kier molecular flexibility index (Phi) is 6.23. The minimum Gasteiger partial charge on any atom is -0.487 e. The molecule has 2 heterocycles. The van der Waals surface area contributed by atoms with Crippen molar-refractivity contribution in [2.24, 2.45) is 0 Å². The standard InChI is InChI=1S/C20H21ClN2O3/c21-17-13-22-11-10-19(17)26-16-7-4-12-23(14-16)20(25)9-8-18(24)15-5-2-1-3-6-15/h1-3,5-6,10-11,13,16H,4,7-9,12,14H2/t16-/m1/s1. The normalized spacial score (nSPS) is 17.0. The molecule has 26 heavy (non-hydrogen) atoms. The van der Waals surface area contributed by atoms with Crippen LogP contribution < -0.4 is 4.74 Å². The smallest absolute Gasteiger partial charge is 0.223 e. The number of likely N-dealkylation sites (tertiary alicyclic amines) is 1. The minimum absolute atomic E-state index is 0.00710. The van der Waals surface area contributed by atoms with Gasteiger partial charge in [0, 0.05) is 43.4 Å². The van der Waals surface area contributed by atoms with Crippen molar-refractivity contribution in [3.8, 4) is 5.75 Å². The van der Waals surface area contributed by atoms with Gasteiger partial charge < -0.3 is 9.64 Å². The summed E-state index contributed by atoms with van der Waals surface area (Å²) < 4.78 is 5.93. The fourth-order valence-electron chi connectivity index (χ4n) is 3.05. The van der Waals surface area contributed by atoms with Gasteiger partial charge in [0.1, 0.15) is 16.9 Å². The van der Waals surface area contributed by atoms with Crippen molar-refractivity contribution in [3.63, 3.8) is 0 Å². The van der Waals surface area contributed by atoms with Crippen LogP contribution >= 0.6 is 11.6 Å². The van der Waals surface area contributed by atoms with Crippen molar-refractivity contribution in [1.29, 1.82) is 0 Å². The quantitative estimate of drug-likeness (QED) is 0.724. The molecule has 1 aromatic carbocycles.